The molecule has 30 heavy (non-hydrogen) atoms. The lowest BCUT2D eigenvalue weighted by atomic mass is 10.1. The molecule has 0 aliphatic carbocycles. The predicted octanol–water partition coefficient (Wildman–Crippen LogP) is 3.44. The minimum absolute atomic E-state index is 0. The van der Waals surface area contributed by atoms with Crippen LogP contribution < -0.4 is 10.6 Å². The Bertz CT molecular complexity index is 996. The third kappa shape index (κ3) is 6.22. The summed E-state index contributed by atoms with van der Waals surface area (Å²) in [6.07, 6.45) is 3.81. The minimum Gasteiger partial charge on any atom is -0.361 e. The molecule has 160 valence electrons. The number of benzene rings is 2. The van der Waals surface area contributed by atoms with Crippen molar-refractivity contribution >= 4 is 46.7 Å². The van der Waals surface area contributed by atoms with E-state index in [1.54, 1.807) is 26.0 Å². The van der Waals surface area contributed by atoms with E-state index >= 15 is 0 Å². The molecule has 0 radical (unpaired) electrons. The van der Waals surface area contributed by atoms with E-state index in [0.29, 0.717) is 5.56 Å². The second kappa shape index (κ2) is 11.6. The quantitative estimate of drug-likeness (QED) is 0.255. The van der Waals surface area contributed by atoms with E-state index < -0.39 is 0 Å². The van der Waals surface area contributed by atoms with Crippen molar-refractivity contribution in [3.63, 3.8) is 0 Å². The van der Waals surface area contributed by atoms with E-state index in [9.17, 15) is 4.79 Å². The highest BCUT2D eigenvalue weighted by Gasteiger charge is 2.08. The summed E-state index contributed by atoms with van der Waals surface area (Å²) in [7, 11) is 5.31. The number of fused-ring (bicyclic) bond motifs is 1. The standard InChI is InChI=1S/C23H29N5O.HI/c1-24-23(26-14-12-19-16-27-21-10-5-4-9-20(19)21)25-13-11-17-7-6-8-18(15-17)22(29)28(2)3;/h4-10,15-16,27H,11-14H2,1-3H3,(H2,24,25,26);1H. The fourth-order valence-corrected chi connectivity index (χ4v) is 3.32. The zero-order chi connectivity index (χ0) is 20.6. The number of halogens is 1. The first-order valence-electron chi connectivity index (χ1n) is 9.88. The predicted molar refractivity (Wildman–Crippen MR) is 135 cm³/mol. The van der Waals surface area contributed by atoms with Gasteiger partial charge in [0.05, 0.1) is 0 Å². The Morgan fingerprint density at radius 2 is 1.77 bits per heavy atom. The molecule has 6 nitrogen and oxygen atoms in total. The smallest absolute Gasteiger partial charge is 0.253 e. The number of amides is 1. The summed E-state index contributed by atoms with van der Waals surface area (Å²) < 4.78 is 0. The molecule has 1 heterocycles. The van der Waals surface area contributed by atoms with Gasteiger partial charge in [0.25, 0.3) is 5.91 Å². The summed E-state index contributed by atoms with van der Waals surface area (Å²) in [4.78, 5) is 21.3. The topological polar surface area (TPSA) is 72.5 Å². The van der Waals surface area contributed by atoms with Crippen LogP contribution in [0.4, 0.5) is 0 Å². The Hall–Kier alpha value is -2.55. The second-order valence-electron chi connectivity index (χ2n) is 7.19. The normalized spacial score (nSPS) is 11.1. The lowest BCUT2D eigenvalue weighted by Crippen LogP contribution is -2.39. The number of carbonyl (C=O) groups is 1. The van der Waals surface area contributed by atoms with Crippen LogP contribution in [0, 0.1) is 0 Å². The minimum atomic E-state index is 0. The number of para-hydroxylation sites is 1. The van der Waals surface area contributed by atoms with Crippen LogP contribution in [-0.4, -0.2) is 56.0 Å². The van der Waals surface area contributed by atoms with Crippen LogP contribution in [-0.2, 0) is 12.8 Å². The van der Waals surface area contributed by atoms with Crippen molar-refractivity contribution in [3.8, 4) is 0 Å². The van der Waals surface area contributed by atoms with Gasteiger partial charge in [-0.2, -0.15) is 0 Å². The molecule has 0 bridgehead atoms. The maximum Gasteiger partial charge on any atom is 0.253 e. The van der Waals surface area contributed by atoms with E-state index in [-0.39, 0.29) is 29.9 Å². The molecule has 3 aromatic rings. The molecule has 0 aliphatic heterocycles. The molecule has 1 amide bonds. The van der Waals surface area contributed by atoms with Gasteiger partial charge in [0.2, 0.25) is 0 Å². The third-order valence-corrected chi connectivity index (χ3v) is 4.87. The van der Waals surface area contributed by atoms with Gasteiger partial charge in [0, 0.05) is 56.9 Å². The van der Waals surface area contributed by atoms with Crippen LogP contribution in [0.1, 0.15) is 21.5 Å². The van der Waals surface area contributed by atoms with E-state index in [2.05, 4.69) is 45.0 Å². The fraction of sp³-hybridized carbons (Fsp3) is 0.304. The maximum atomic E-state index is 12.1. The van der Waals surface area contributed by atoms with Gasteiger partial charge in [-0.3, -0.25) is 9.79 Å². The van der Waals surface area contributed by atoms with Crippen molar-refractivity contribution in [2.45, 2.75) is 12.8 Å². The molecule has 0 aliphatic rings. The molecule has 0 saturated carbocycles. The van der Waals surface area contributed by atoms with E-state index in [1.165, 1.54) is 16.5 Å². The average molecular weight is 519 g/mol. The number of carbonyl (C=O) groups excluding carboxylic acids is 1. The van der Waals surface area contributed by atoms with Gasteiger partial charge in [-0.15, -0.1) is 24.0 Å². The Balaban J connectivity index is 0.00000320. The van der Waals surface area contributed by atoms with Crippen LogP contribution in [0.2, 0.25) is 0 Å². The molecule has 7 heteroatoms. The van der Waals surface area contributed by atoms with Crippen LogP contribution in [0.25, 0.3) is 10.9 Å². The highest BCUT2D eigenvalue weighted by atomic mass is 127. The van der Waals surface area contributed by atoms with Gasteiger partial charge in [-0.05, 0) is 42.2 Å². The summed E-state index contributed by atoms with van der Waals surface area (Å²) >= 11 is 0. The molecule has 0 unspecified atom stereocenters. The molecule has 0 saturated heterocycles. The molecule has 2 aromatic carbocycles. The monoisotopic (exact) mass is 519 g/mol. The van der Waals surface area contributed by atoms with Crippen molar-refractivity contribution in [2.24, 2.45) is 4.99 Å². The lowest BCUT2D eigenvalue weighted by Gasteiger charge is -2.13. The van der Waals surface area contributed by atoms with E-state index in [1.807, 2.05) is 30.3 Å². The summed E-state index contributed by atoms with van der Waals surface area (Å²) in [5.41, 5.74) is 4.30. The van der Waals surface area contributed by atoms with Gasteiger partial charge >= 0.3 is 0 Å². The molecule has 0 atom stereocenters. The summed E-state index contributed by atoms with van der Waals surface area (Å²) in [6, 6.07) is 16.1. The summed E-state index contributed by atoms with van der Waals surface area (Å²) in [5, 5.41) is 7.98. The highest BCUT2D eigenvalue weighted by Crippen LogP contribution is 2.17. The van der Waals surface area contributed by atoms with Gasteiger partial charge in [-0.25, -0.2) is 0 Å². The molecule has 3 N–H and O–H groups in total. The van der Waals surface area contributed by atoms with Crippen LogP contribution in [0.3, 0.4) is 0 Å². The first kappa shape index (κ1) is 23.7. The van der Waals surface area contributed by atoms with Gasteiger partial charge in [0.1, 0.15) is 0 Å². The summed E-state index contributed by atoms with van der Waals surface area (Å²) in [5.74, 6) is 0.805. The van der Waals surface area contributed by atoms with Gasteiger partial charge < -0.3 is 20.5 Å². The van der Waals surface area contributed by atoms with Gasteiger partial charge in [0.15, 0.2) is 5.96 Å². The van der Waals surface area contributed by atoms with Crippen molar-refractivity contribution in [1.29, 1.82) is 0 Å². The lowest BCUT2D eigenvalue weighted by molar-refractivity contribution is 0.0827. The Morgan fingerprint density at radius 1 is 1.03 bits per heavy atom. The number of nitrogens with zero attached hydrogens (tertiary/aromatic N) is 2. The number of rotatable bonds is 7. The number of aliphatic imine (C=N–C) groups is 1. The molecule has 0 fully saturated rings. The number of aromatic nitrogens is 1. The fourth-order valence-electron chi connectivity index (χ4n) is 3.32. The molecular formula is C23H30IN5O. The summed E-state index contributed by atoms with van der Waals surface area (Å²) in [6.45, 7) is 1.54. The number of hydrogen-bond donors (Lipinski definition) is 3. The second-order valence-corrected chi connectivity index (χ2v) is 7.19. The number of hydrogen-bond acceptors (Lipinski definition) is 2. The first-order valence-corrected chi connectivity index (χ1v) is 9.88. The van der Waals surface area contributed by atoms with Crippen LogP contribution >= 0.6 is 24.0 Å². The average Bonchev–Trinajstić information content (AvgIpc) is 3.15. The van der Waals surface area contributed by atoms with Crippen molar-refractivity contribution < 1.29 is 4.79 Å². The number of aromatic amines is 1. The van der Waals surface area contributed by atoms with Crippen molar-refractivity contribution in [2.75, 3.05) is 34.2 Å². The van der Waals surface area contributed by atoms with Gasteiger partial charge in [-0.1, -0.05) is 30.3 Å². The molecule has 3 rings (SSSR count). The zero-order valence-corrected chi connectivity index (χ0v) is 20.1. The first-order chi connectivity index (χ1) is 14.1. The van der Waals surface area contributed by atoms with Crippen LogP contribution in [0.15, 0.2) is 59.7 Å². The molecule has 0 spiro atoms. The largest absolute Gasteiger partial charge is 0.361 e. The highest BCUT2D eigenvalue weighted by molar-refractivity contribution is 14.0. The number of guanidine groups is 1. The molecular weight excluding hydrogens is 489 g/mol. The van der Waals surface area contributed by atoms with E-state index in [0.717, 1.165) is 37.5 Å². The van der Waals surface area contributed by atoms with Crippen molar-refractivity contribution in [3.05, 3.63) is 71.4 Å². The third-order valence-electron chi connectivity index (χ3n) is 4.87. The SMILES string of the molecule is CN=C(NCCc1cccc(C(=O)N(C)C)c1)NCCc1c[nH]c2ccccc12.I. The van der Waals surface area contributed by atoms with E-state index in [4.69, 9.17) is 0 Å². The van der Waals surface area contributed by atoms with Crippen LogP contribution in [0.5, 0.6) is 0 Å². The van der Waals surface area contributed by atoms with Crippen molar-refractivity contribution in [1.82, 2.24) is 20.5 Å². The maximum absolute atomic E-state index is 12.1. The Kier molecular flexibility index (Phi) is 9.16. The number of H-pyrrole nitrogens is 1. The molecule has 1 aromatic heterocycles. The Morgan fingerprint density at radius 3 is 2.50 bits per heavy atom. The zero-order valence-electron chi connectivity index (χ0n) is 17.7. The number of nitrogens with one attached hydrogen (secondary N) is 3. The Labute approximate surface area is 195 Å².